The van der Waals surface area contributed by atoms with Crippen LogP contribution in [0.1, 0.15) is 123 Å². The zero-order valence-corrected chi connectivity index (χ0v) is 31.0. The molecule has 2 aromatic rings. The molecule has 0 bridgehead atoms. The van der Waals surface area contributed by atoms with Gasteiger partial charge in [-0.25, -0.2) is 0 Å². The number of fused-ring (bicyclic) bond motifs is 2. The summed E-state index contributed by atoms with van der Waals surface area (Å²) in [7, 11) is 0. The maximum atomic E-state index is 12.0. The Hall–Kier alpha value is -4.06. The molecule has 0 saturated carbocycles. The van der Waals surface area contributed by atoms with Crippen molar-refractivity contribution in [1.29, 1.82) is 0 Å². The number of phenolic OH excluding ortho intramolecular Hbond substituents is 1. The van der Waals surface area contributed by atoms with Crippen molar-refractivity contribution in [1.82, 2.24) is 0 Å². The molecule has 0 amide bonds. The van der Waals surface area contributed by atoms with E-state index in [4.69, 9.17) is 4.74 Å². The molecular formula is C41H58O6. The minimum absolute atomic E-state index is 0.0137. The van der Waals surface area contributed by atoms with Gasteiger partial charge in [0, 0.05) is 22.3 Å². The zero-order valence-electron chi connectivity index (χ0n) is 31.0. The lowest BCUT2D eigenvalue weighted by molar-refractivity contribution is -0.114. The third-order valence-electron chi connectivity index (χ3n) is 7.71. The molecule has 1 heterocycles. The monoisotopic (exact) mass is 646 g/mol. The predicted octanol–water partition coefficient (Wildman–Crippen LogP) is 10.1. The van der Waals surface area contributed by atoms with Crippen LogP contribution in [0.25, 0.3) is 0 Å². The van der Waals surface area contributed by atoms with E-state index < -0.39 is 0 Å². The maximum Gasteiger partial charge on any atom is 0.190 e. The summed E-state index contributed by atoms with van der Waals surface area (Å²) in [6.45, 7) is 26.2. The predicted molar refractivity (Wildman–Crippen MR) is 194 cm³/mol. The normalized spacial score (nSPS) is 17.3. The van der Waals surface area contributed by atoms with Crippen molar-refractivity contribution in [3.63, 3.8) is 0 Å². The molecule has 5 rings (SSSR count). The van der Waals surface area contributed by atoms with E-state index in [2.05, 4.69) is 20.8 Å². The van der Waals surface area contributed by atoms with Gasteiger partial charge in [0.05, 0.1) is 0 Å². The first-order chi connectivity index (χ1) is 22.2. The first-order valence-corrected chi connectivity index (χ1v) is 17.1. The summed E-state index contributed by atoms with van der Waals surface area (Å²) in [6, 6.07) is 12.3. The van der Waals surface area contributed by atoms with E-state index in [0.717, 1.165) is 24.2 Å². The van der Waals surface area contributed by atoms with Crippen molar-refractivity contribution in [2.75, 3.05) is 0 Å². The van der Waals surface area contributed by atoms with Gasteiger partial charge in [-0.15, -0.1) is 0 Å². The molecule has 1 atom stereocenters. The van der Waals surface area contributed by atoms with Crippen molar-refractivity contribution in [3.05, 3.63) is 94.6 Å². The van der Waals surface area contributed by atoms with Crippen molar-refractivity contribution in [2.24, 2.45) is 17.8 Å². The van der Waals surface area contributed by atoms with Crippen LogP contribution in [0.4, 0.5) is 0 Å². The second-order valence-corrected chi connectivity index (χ2v) is 11.7. The van der Waals surface area contributed by atoms with Crippen molar-refractivity contribution in [2.45, 2.75) is 108 Å². The van der Waals surface area contributed by atoms with Crippen molar-refractivity contribution in [3.8, 4) is 11.5 Å². The van der Waals surface area contributed by atoms with E-state index in [1.807, 2.05) is 75.3 Å². The summed E-state index contributed by atoms with van der Waals surface area (Å²) >= 11 is 0. The minimum atomic E-state index is -0.0895. The number of Topliss-reactive ketones (excluding diaryl/α,β-unsaturated/α-hetero) is 1. The van der Waals surface area contributed by atoms with Crippen LogP contribution in [-0.4, -0.2) is 33.8 Å². The van der Waals surface area contributed by atoms with Gasteiger partial charge >= 0.3 is 0 Å². The summed E-state index contributed by atoms with van der Waals surface area (Å²) in [5.41, 5.74) is 3.33. The maximum absolute atomic E-state index is 12.0. The molecule has 6 nitrogen and oxygen atoms in total. The van der Waals surface area contributed by atoms with Gasteiger partial charge in [0.25, 0.3) is 0 Å². The summed E-state index contributed by atoms with van der Waals surface area (Å²) in [5.74, 6) is 1.77. The lowest BCUT2D eigenvalue weighted by Gasteiger charge is -2.39. The van der Waals surface area contributed by atoms with E-state index in [0.29, 0.717) is 33.9 Å². The molecule has 0 saturated heterocycles. The fourth-order valence-electron chi connectivity index (χ4n) is 4.70. The van der Waals surface area contributed by atoms with Crippen LogP contribution in [0.2, 0.25) is 0 Å². The van der Waals surface area contributed by atoms with Crippen LogP contribution in [-0.2, 0) is 16.0 Å². The number of carbonyl (C=O) groups is 4. The summed E-state index contributed by atoms with van der Waals surface area (Å²) in [5, 5.41) is 9.37. The van der Waals surface area contributed by atoms with Gasteiger partial charge in [0.2, 0.25) is 0 Å². The van der Waals surface area contributed by atoms with Crippen LogP contribution < -0.4 is 4.74 Å². The van der Waals surface area contributed by atoms with E-state index in [9.17, 15) is 24.3 Å². The third kappa shape index (κ3) is 12.2. The van der Waals surface area contributed by atoms with Gasteiger partial charge in [-0.3, -0.25) is 19.2 Å². The first-order valence-electron chi connectivity index (χ1n) is 17.1. The number of aryl methyl sites for hydroxylation is 1. The van der Waals surface area contributed by atoms with Crippen LogP contribution >= 0.6 is 0 Å². The minimum Gasteiger partial charge on any atom is -0.508 e. The Morgan fingerprint density at radius 2 is 1.26 bits per heavy atom. The van der Waals surface area contributed by atoms with Gasteiger partial charge in [-0.2, -0.15) is 0 Å². The molecule has 1 N–H and O–H groups in total. The van der Waals surface area contributed by atoms with Crippen LogP contribution in [0.5, 0.6) is 11.5 Å². The van der Waals surface area contributed by atoms with Gasteiger partial charge in [-0.1, -0.05) is 107 Å². The number of ether oxygens (including phenoxy) is 1. The Kier molecular flexibility index (Phi) is 19.1. The zero-order chi connectivity index (χ0) is 36.5. The topological polar surface area (TPSA) is 97.7 Å². The Balaban J connectivity index is 0.000000631. The van der Waals surface area contributed by atoms with Gasteiger partial charge in [0.15, 0.2) is 23.1 Å². The highest BCUT2D eigenvalue weighted by atomic mass is 16.5. The summed E-state index contributed by atoms with van der Waals surface area (Å²) in [6.07, 6.45) is 7.51. The SMILES string of the molecule is CC.CC.CC.CC(C)C1(C)CCc2cc(O)ccc2O1.CC(C)C1=CC(=O)C=CC1=O.CC(C)C1=CC(=O)c2ccccc2C1=O. The lowest BCUT2D eigenvalue weighted by Crippen LogP contribution is -2.41. The average molecular weight is 647 g/mol. The molecule has 3 aliphatic rings. The van der Waals surface area contributed by atoms with E-state index in [1.165, 1.54) is 24.3 Å². The number of ketones is 4. The molecule has 0 radical (unpaired) electrons. The van der Waals surface area contributed by atoms with E-state index in [-0.39, 0.29) is 40.6 Å². The van der Waals surface area contributed by atoms with Gasteiger partial charge < -0.3 is 9.84 Å². The number of carbonyl (C=O) groups excluding carboxylic acids is 4. The molecule has 47 heavy (non-hydrogen) atoms. The van der Waals surface area contributed by atoms with E-state index in [1.54, 1.807) is 36.4 Å². The number of hydrogen-bond donors (Lipinski definition) is 1. The van der Waals surface area contributed by atoms with E-state index >= 15 is 0 Å². The fraction of sp³-hybridized carbons (Fsp3) is 0.463. The van der Waals surface area contributed by atoms with Crippen LogP contribution in [0.3, 0.4) is 0 Å². The Morgan fingerprint density at radius 1 is 0.702 bits per heavy atom. The quantitative estimate of drug-likeness (QED) is 0.333. The fourth-order valence-corrected chi connectivity index (χ4v) is 4.70. The summed E-state index contributed by atoms with van der Waals surface area (Å²) < 4.78 is 6.02. The number of aromatic hydroxyl groups is 1. The molecule has 258 valence electrons. The first kappa shape index (κ1) is 42.9. The summed E-state index contributed by atoms with van der Waals surface area (Å²) in [4.78, 5) is 45.6. The number of benzene rings is 2. The number of rotatable bonds is 3. The molecule has 0 aromatic heterocycles. The Labute approximate surface area is 284 Å². The standard InChI is InChI=1S/C13H18O2.C13H12O2.C9H10O2.3C2H6/c1-9(2)13(3)7-6-10-8-11(14)4-5-12(10)15-13;1-8(2)11-7-12(14)9-5-3-4-6-10(9)13(11)15;1-6(2)8-5-7(10)3-4-9(8)11;3*1-2/h4-5,8-9,14H,6-7H2,1-3H3;3-8H,1-2H3;3-6H,1-2H3;3*1-2H3. The second-order valence-electron chi connectivity index (χ2n) is 11.7. The highest BCUT2D eigenvalue weighted by Crippen LogP contribution is 2.38. The van der Waals surface area contributed by atoms with Gasteiger partial charge in [-0.05, 0) is 85.6 Å². The number of allylic oxidation sites excluding steroid dienone is 6. The smallest absolute Gasteiger partial charge is 0.190 e. The molecule has 6 heteroatoms. The molecule has 0 fully saturated rings. The Bertz CT molecular complexity index is 1440. The molecule has 0 spiro atoms. The van der Waals surface area contributed by atoms with Gasteiger partial charge in [0.1, 0.15) is 17.1 Å². The number of hydrogen-bond acceptors (Lipinski definition) is 6. The largest absolute Gasteiger partial charge is 0.508 e. The van der Waals surface area contributed by atoms with Crippen LogP contribution in [0, 0.1) is 17.8 Å². The molecule has 2 aliphatic carbocycles. The lowest BCUT2D eigenvalue weighted by atomic mass is 9.84. The molecule has 1 unspecified atom stereocenters. The highest BCUT2D eigenvalue weighted by molar-refractivity contribution is 6.24. The average Bonchev–Trinajstić information content (AvgIpc) is 3.07. The second kappa shape index (κ2) is 20.9. The van der Waals surface area contributed by atoms with Crippen molar-refractivity contribution >= 4 is 23.1 Å². The Morgan fingerprint density at radius 3 is 1.77 bits per heavy atom. The molecule has 1 aliphatic heterocycles. The number of phenols is 1. The highest BCUT2D eigenvalue weighted by Gasteiger charge is 2.34. The third-order valence-corrected chi connectivity index (χ3v) is 7.71. The van der Waals surface area contributed by atoms with Crippen molar-refractivity contribution < 1.29 is 29.0 Å². The molecular weight excluding hydrogens is 588 g/mol. The van der Waals surface area contributed by atoms with Crippen LogP contribution in [0.15, 0.2) is 77.9 Å². The molecule has 2 aromatic carbocycles.